The predicted octanol–water partition coefficient (Wildman–Crippen LogP) is 3.97. The van der Waals surface area contributed by atoms with E-state index in [4.69, 9.17) is 4.74 Å². The molecule has 6 nitrogen and oxygen atoms in total. The molecule has 1 fully saturated rings. The third-order valence-electron chi connectivity index (χ3n) is 5.17. The number of ether oxygens (including phenoxy) is 1. The van der Waals surface area contributed by atoms with Crippen LogP contribution < -0.4 is 10.2 Å². The molecule has 0 saturated carbocycles. The van der Waals surface area contributed by atoms with Crippen LogP contribution in [0.1, 0.15) is 37.0 Å². The summed E-state index contributed by atoms with van der Waals surface area (Å²) in [5.41, 5.74) is 1.69. The van der Waals surface area contributed by atoms with Crippen molar-refractivity contribution in [3.63, 3.8) is 0 Å². The average Bonchev–Trinajstić information content (AvgIpc) is 2.77. The number of aromatic nitrogens is 1. The first-order valence-electron chi connectivity index (χ1n) is 9.34. The van der Waals surface area contributed by atoms with Crippen LogP contribution in [0.5, 0.6) is 0 Å². The van der Waals surface area contributed by atoms with Crippen LogP contribution in [0.2, 0.25) is 0 Å². The minimum absolute atomic E-state index is 0.0247. The third-order valence-corrected chi connectivity index (χ3v) is 6.25. The minimum atomic E-state index is -0.290. The van der Waals surface area contributed by atoms with Crippen LogP contribution in [0.15, 0.2) is 46.5 Å². The molecular formula is C21H23N3O3S. The minimum Gasteiger partial charge on any atom is -0.376 e. The second-order valence-corrected chi connectivity index (χ2v) is 8.82. The molecule has 0 unspecified atom stereocenters. The second-order valence-electron chi connectivity index (χ2n) is 7.79. The van der Waals surface area contributed by atoms with Gasteiger partial charge in [0, 0.05) is 36.4 Å². The molecule has 4 rings (SSSR count). The molecule has 1 saturated heterocycles. The number of nitrogens with zero attached hydrogens (tertiary/aromatic N) is 2. The highest BCUT2D eigenvalue weighted by Gasteiger charge is 2.33. The molecule has 0 bridgehead atoms. The van der Waals surface area contributed by atoms with E-state index >= 15 is 0 Å². The van der Waals surface area contributed by atoms with E-state index in [1.54, 1.807) is 24.2 Å². The van der Waals surface area contributed by atoms with Crippen molar-refractivity contribution >= 4 is 35.0 Å². The van der Waals surface area contributed by atoms with E-state index in [-0.39, 0.29) is 23.3 Å². The molecule has 0 aliphatic carbocycles. The molecule has 0 radical (unpaired) electrons. The van der Waals surface area contributed by atoms with Crippen molar-refractivity contribution in [1.29, 1.82) is 0 Å². The molecule has 1 N–H and O–H groups in total. The van der Waals surface area contributed by atoms with Crippen molar-refractivity contribution < 1.29 is 14.3 Å². The van der Waals surface area contributed by atoms with Gasteiger partial charge in [0.25, 0.3) is 5.91 Å². The van der Waals surface area contributed by atoms with E-state index in [1.165, 1.54) is 11.8 Å². The fourth-order valence-corrected chi connectivity index (χ4v) is 4.70. The Hall–Kier alpha value is -2.38. The van der Waals surface area contributed by atoms with Gasteiger partial charge in [-0.05, 0) is 57.0 Å². The number of amides is 2. The first-order chi connectivity index (χ1) is 13.3. The van der Waals surface area contributed by atoms with Gasteiger partial charge in [0.15, 0.2) is 0 Å². The van der Waals surface area contributed by atoms with E-state index < -0.39 is 0 Å². The molecule has 2 aliphatic heterocycles. The van der Waals surface area contributed by atoms with Gasteiger partial charge in [-0.3, -0.25) is 9.59 Å². The quantitative estimate of drug-likeness (QED) is 0.830. The number of benzene rings is 1. The smallest absolute Gasteiger partial charge is 0.259 e. The standard InChI is InChI=1S/C21H23N3O3S/c1-21(2)12-13(8-10-27-21)18(25)23-14-6-7-17-15(11-14)20(26)24(3)16-5-4-9-22-19(16)28-17/h4-7,9,11,13H,8,10,12H2,1-3H3,(H,23,25)/t13-/m1/s1. The highest BCUT2D eigenvalue weighted by molar-refractivity contribution is 7.99. The van der Waals surface area contributed by atoms with Gasteiger partial charge < -0.3 is 15.0 Å². The summed E-state index contributed by atoms with van der Waals surface area (Å²) in [5.74, 6) is -0.232. The van der Waals surface area contributed by atoms with Crippen LogP contribution in [-0.2, 0) is 9.53 Å². The van der Waals surface area contributed by atoms with Gasteiger partial charge in [-0.2, -0.15) is 0 Å². The van der Waals surface area contributed by atoms with Crippen molar-refractivity contribution in [3.8, 4) is 0 Å². The molecule has 2 aromatic rings. The van der Waals surface area contributed by atoms with Crippen LogP contribution >= 0.6 is 11.8 Å². The van der Waals surface area contributed by atoms with Gasteiger partial charge in [0.1, 0.15) is 5.03 Å². The van der Waals surface area contributed by atoms with Crippen molar-refractivity contribution in [3.05, 3.63) is 42.1 Å². The van der Waals surface area contributed by atoms with Gasteiger partial charge in [-0.25, -0.2) is 4.98 Å². The Balaban J connectivity index is 1.58. The van der Waals surface area contributed by atoms with Crippen molar-refractivity contribution in [1.82, 2.24) is 4.98 Å². The predicted molar refractivity (Wildman–Crippen MR) is 109 cm³/mol. The number of anilines is 2. The van der Waals surface area contributed by atoms with Gasteiger partial charge >= 0.3 is 0 Å². The molecule has 1 aromatic carbocycles. The number of carbonyl (C=O) groups is 2. The molecule has 1 aromatic heterocycles. The van der Waals surface area contributed by atoms with Crippen LogP contribution in [0, 0.1) is 5.92 Å². The van der Waals surface area contributed by atoms with E-state index in [2.05, 4.69) is 10.3 Å². The number of hydrogen-bond acceptors (Lipinski definition) is 5. The Morgan fingerprint density at radius 1 is 1.36 bits per heavy atom. The SMILES string of the molecule is CN1C(=O)c2cc(NC(=O)[C@@H]3CCOC(C)(C)C3)ccc2Sc2ncccc21. The lowest BCUT2D eigenvalue weighted by Gasteiger charge is -2.34. The van der Waals surface area contributed by atoms with Gasteiger partial charge in [-0.15, -0.1) is 0 Å². The van der Waals surface area contributed by atoms with Crippen LogP contribution in [0.25, 0.3) is 0 Å². The van der Waals surface area contributed by atoms with Crippen LogP contribution in [0.3, 0.4) is 0 Å². The maximum Gasteiger partial charge on any atom is 0.259 e. The third kappa shape index (κ3) is 3.64. The Labute approximate surface area is 168 Å². The number of nitrogens with one attached hydrogen (secondary N) is 1. The zero-order valence-corrected chi connectivity index (χ0v) is 17.0. The molecule has 0 spiro atoms. The lowest BCUT2D eigenvalue weighted by atomic mass is 9.88. The summed E-state index contributed by atoms with van der Waals surface area (Å²) in [6, 6.07) is 9.18. The zero-order valence-electron chi connectivity index (χ0n) is 16.2. The average molecular weight is 398 g/mol. The first kappa shape index (κ1) is 19.0. The van der Waals surface area contributed by atoms with E-state index in [1.807, 2.05) is 38.1 Å². The highest BCUT2D eigenvalue weighted by Crippen LogP contribution is 2.40. The summed E-state index contributed by atoms with van der Waals surface area (Å²) in [7, 11) is 1.74. The Bertz CT molecular complexity index is 944. The molecule has 7 heteroatoms. The summed E-state index contributed by atoms with van der Waals surface area (Å²) in [6.07, 6.45) is 3.11. The van der Waals surface area contributed by atoms with Crippen molar-refractivity contribution in [2.45, 2.75) is 42.2 Å². The number of carbonyl (C=O) groups excluding carboxylic acids is 2. The summed E-state index contributed by atoms with van der Waals surface area (Å²) in [6.45, 7) is 4.60. The molecule has 28 heavy (non-hydrogen) atoms. The Morgan fingerprint density at radius 3 is 2.96 bits per heavy atom. The second kappa shape index (κ2) is 7.22. The Kier molecular flexibility index (Phi) is 4.89. The highest BCUT2D eigenvalue weighted by atomic mass is 32.2. The molecule has 2 aliphatic rings. The van der Waals surface area contributed by atoms with Crippen molar-refractivity contribution in [2.24, 2.45) is 5.92 Å². The van der Waals surface area contributed by atoms with E-state index in [9.17, 15) is 9.59 Å². The van der Waals surface area contributed by atoms with Gasteiger partial charge in [-0.1, -0.05) is 11.8 Å². The summed E-state index contributed by atoms with van der Waals surface area (Å²) in [4.78, 5) is 32.6. The van der Waals surface area contributed by atoms with Gasteiger partial charge in [0.05, 0.1) is 16.9 Å². The summed E-state index contributed by atoms with van der Waals surface area (Å²) < 4.78 is 5.70. The monoisotopic (exact) mass is 397 g/mol. The normalized spacial score (nSPS) is 20.8. The number of rotatable bonds is 2. The van der Waals surface area contributed by atoms with Crippen LogP contribution in [0.4, 0.5) is 11.4 Å². The molecule has 3 heterocycles. The summed E-state index contributed by atoms with van der Waals surface area (Å²) >= 11 is 1.46. The lowest BCUT2D eigenvalue weighted by molar-refractivity contribution is -0.130. The maximum absolute atomic E-state index is 13.0. The molecule has 1 atom stereocenters. The Morgan fingerprint density at radius 2 is 2.18 bits per heavy atom. The fourth-order valence-electron chi connectivity index (χ4n) is 3.67. The fraction of sp³-hybridized carbons (Fsp3) is 0.381. The number of hydrogen-bond donors (Lipinski definition) is 1. The zero-order chi connectivity index (χ0) is 19.9. The largest absolute Gasteiger partial charge is 0.376 e. The molecule has 2 amide bonds. The van der Waals surface area contributed by atoms with Crippen LogP contribution in [-0.4, -0.2) is 36.1 Å². The molecular weight excluding hydrogens is 374 g/mol. The topological polar surface area (TPSA) is 71.5 Å². The van der Waals surface area contributed by atoms with Gasteiger partial charge in [0.2, 0.25) is 5.91 Å². The molecule has 146 valence electrons. The number of fused-ring (bicyclic) bond motifs is 2. The first-order valence-corrected chi connectivity index (χ1v) is 10.2. The van der Waals surface area contributed by atoms with Crippen molar-refractivity contribution in [2.75, 3.05) is 23.9 Å². The summed E-state index contributed by atoms with van der Waals surface area (Å²) in [5, 5.41) is 3.78. The number of pyridine rings is 1. The van der Waals surface area contributed by atoms with E-state index in [0.29, 0.717) is 30.7 Å². The lowest BCUT2D eigenvalue weighted by Crippen LogP contribution is -2.39. The van der Waals surface area contributed by atoms with E-state index in [0.717, 1.165) is 15.6 Å². The maximum atomic E-state index is 13.0.